The van der Waals surface area contributed by atoms with E-state index in [-0.39, 0.29) is 23.7 Å². The molecule has 0 bridgehead atoms. The first-order chi connectivity index (χ1) is 9.84. The summed E-state index contributed by atoms with van der Waals surface area (Å²) < 4.78 is 0. The lowest BCUT2D eigenvalue weighted by molar-refractivity contribution is -0.120. The Morgan fingerprint density at radius 3 is 2.41 bits per heavy atom. The standard InChI is InChI=1S/C15H20N4OS.ClH/c1-15(2,3)14-19-18-13(21-14)9-17-12(20)8-10-4-6-11(16)7-5-10;/h4-7H,8-9,16H2,1-3H3,(H,17,20);1H. The Bertz CT molecular complexity index is 619. The van der Waals surface area contributed by atoms with Gasteiger partial charge in [0.1, 0.15) is 10.0 Å². The summed E-state index contributed by atoms with van der Waals surface area (Å²) >= 11 is 1.54. The molecule has 0 radical (unpaired) electrons. The maximum absolute atomic E-state index is 11.9. The van der Waals surface area contributed by atoms with Crippen LogP contribution < -0.4 is 11.1 Å². The Hall–Kier alpha value is -1.66. The second kappa shape index (κ2) is 7.56. The van der Waals surface area contributed by atoms with Gasteiger partial charge >= 0.3 is 0 Å². The number of halogens is 1. The predicted octanol–water partition coefficient (Wildman–Crippen LogP) is 2.70. The minimum atomic E-state index is -0.0349. The second-order valence-electron chi connectivity index (χ2n) is 5.95. The van der Waals surface area contributed by atoms with Crippen LogP contribution in [0.3, 0.4) is 0 Å². The first-order valence-electron chi connectivity index (χ1n) is 6.78. The van der Waals surface area contributed by atoms with Gasteiger partial charge in [-0.2, -0.15) is 0 Å². The molecular formula is C15H21ClN4OS. The number of anilines is 1. The van der Waals surface area contributed by atoms with E-state index < -0.39 is 0 Å². The Morgan fingerprint density at radius 2 is 1.86 bits per heavy atom. The summed E-state index contributed by atoms with van der Waals surface area (Å²) in [7, 11) is 0. The monoisotopic (exact) mass is 340 g/mol. The molecule has 5 nitrogen and oxygen atoms in total. The molecule has 1 amide bonds. The fourth-order valence-electron chi connectivity index (χ4n) is 1.69. The molecule has 3 N–H and O–H groups in total. The highest BCUT2D eigenvalue weighted by Gasteiger charge is 2.19. The van der Waals surface area contributed by atoms with Crippen molar-refractivity contribution in [1.29, 1.82) is 0 Å². The first kappa shape index (κ1) is 18.4. The van der Waals surface area contributed by atoms with Gasteiger partial charge in [0, 0.05) is 11.1 Å². The highest BCUT2D eigenvalue weighted by atomic mass is 35.5. The van der Waals surface area contributed by atoms with E-state index in [1.807, 2.05) is 12.1 Å². The van der Waals surface area contributed by atoms with E-state index in [1.54, 1.807) is 12.1 Å². The molecule has 22 heavy (non-hydrogen) atoms. The third kappa shape index (κ3) is 5.27. The fraction of sp³-hybridized carbons (Fsp3) is 0.400. The smallest absolute Gasteiger partial charge is 0.224 e. The van der Waals surface area contributed by atoms with Crippen molar-refractivity contribution in [3.05, 3.63) is 39.8 Å². The average Bonchev–Trinajstić information content (AvgIpc) is 2.88. The zero-order valence-corrected chi connectivity index (χ0v) is 14.6. The maximum atomic E-state index is 11.9. The van der Waals surface area contributed by atoms with Gasteiger partial charge in [0.15, 0.2) is 0 Å². The Balaban J connectivity index is 0.00000242. The molecule has 0 aliphatic carbocycles. The number of nitrogens with zero attached hydrogens (tertiary/aromatic N) is 2. The number of nitrogen functional groups attached to an aromatic ring is 1. The summed E-state index contributed by atoms with van der Waals surface area (Å²) in [6.07, 6.45) is 0.339. The number of hydrogen-bond donors (Lipinski definition) is 2. The van der Waals surface area contributed by atoms with Crippen molar-refractivity contribution < 1.29 is 4.79 Å². The van der Waals surface area contributed by atoms with Crippen LogP contribution in [0.5, 0.6) is 0 Å². The van der Waals surface area contributed by atoms with Gasteiger partial charge in [0.2, 0.25) is 5.91 Å². The highest BCUT2D eigenvalue weighted by Crippen LogP contribution is 2.25. The summed E-state index contributed by atoms with van der Waals surface area (Å²) in [5.41, 5.74) is 7.24. The van der Waals surface area contributed by atoms with Crippen LogP contribution in [0.2, 0.25) is 0 Å². The molecule has 0 fully saturated rings. The predicted molar refractivity (Wildman–Crippen MR) is 92.3 cm³/mol. The molecule has 120 valence electrons. The van der Waals surface area contributed by atoms with Crippen molar-refractivity contribution >= 4 is 35.3 Å². The maximum Gasteiger partial charge on any atom is 0.224 e. The van der Waals surface area contributed by atoms with Crippen LogP contribution in [0.1, 0.15) is 36.3 Å². The van der Waals surface area contributed by atoms with Gasteiger partial charge in [-0.3, -0.25) is 4.79 Å². The number of carbonyl (C=O) groups is 1. The molecule has 2 rings (SSSR count). The minimum absolute atomic E-state index is 0. The van der Waals surface area contributed by atoms with Crippen molar-refractivity contribution in [3.8, 4) is 0 Å². The van der Waals surface area contributed by atoms with Gasteiger partial charge < -0.3 is 11.1 Å². The number of hydrogen-bond acceptors (Lipinski definition) is 5. The quantitative estimate of drug-likeness (QED) is 0.838. The Morgan fingerprint density at radius 1 is 1.23 bits per heavy atom. The summed E-state index contributed by atoms with van der Waals surface area (Å²) in [5.74, 6) is -0.0349. The molecule has 0 spiro atoms. The van der Waals surface area contributed by atoms with Crippen LogP contribution in [0.25, 0.3) is 0 Å². The molecule has 1 aromatic heterocycles. The molecule has 0 aliphatic rings. The van der Waals surface area contributed by atoms with Gasteiger partial charge in [-0.1, -0.05) is 44.2 Å². The van der Waals surface area contributed by atoms with Crippen LogP contribution in [0, 0.1) is 0 Å². The number of nitrogens with two attached hydrogens (primary N) is 1. The second-order valence-corrected chi connectivity index (χ2v) is 7.01. The lowest BCUT2D eigenvalue weighted by Gasteiger charge is -2.12. The third-order valence-corrected chi connectivity index (χ3v) is 4.24. The van der Waals surface area contributed by atoms with E-state index in [2.05, 4.69) is 36.3 Å². The Kier molecular flexibility index (Phi) is 6.32. The van der Waals surface area contributed by atoms with E-state index in [4.69, 9.17) is 5.73 Å². The number of nitrogens with one attached hydrogen (secondary N) is 1. The molecule has 0 saturated carbocycles. The third-order valence-electron chi connectivity index (χ3n) is 2.89. The van der Waals surface area contributed by atoms with Gasteiger partial charge in [0.05, 0.1) is 13.0 Å². The van der Waals surface area contributed by atoms with Crippen molar-refractivity contribution in [2.24, 2.45) is 0 Å². The molecule has 0 atom stereocenters. The molecule has 1 heterocycles. The van der Waals surface area contributed by atoms with Crippen LogP contribution in [-0.4, -0.2) is 16.1 Å². The fourth-order valence-corrected chi connectivity index (χ4v) is 2.52. The lowest BCUT2D eigenvalue weighted by atomic mass is 9.98. The first-order valence-corrected chi connectivity index (χ1v) is 7.60. The van der Waals surface area contributed by atoms with Gasteiger partial charge in [0.25, 0.3) is 0 Å². The average molecular weight is 341 g/mol. The summed E-state index contributed by atoms with van der Waals surface area (Å²) in [6.45, 7) is 6.70. The topological polar surface area (TPSA) is 80.9 Å². The number of aromatic nitrogens is 2. The zero-order chi connectivity index (χ0) is 15.5. The molecule has 0 aliphatic heterocycles. The van der Waals surface area contributed by atoms with Gasteiger partial charge in [-0.25, -0.2) is 0 Å². The normalized spacial score (nSPS) is 10.9. The molecule has 2 aromatic rings. The molecule has 7 heteroatoms. The number of benzene rings is 1. The van der Waals surface area contributed by atoms with E-state index in [1.165, 1.54) is 11.3 Å². The van der Waals surface area contributed by atoms with E-state index in [9.17, 15) is 4.79 Å². The highest BCUT2D eigenvalue weighted by molar-refractivity contribution is 7.11. The Labute approximate surface area is 140 Å². The number of carbonyl (C=O) groups excluding carboxylic acids is 1. The number of amides is 1. The molecule has 1 aromatic carbocycles. The van der Waals surface area contributed by atoms with Crippen molar-refractivity contribution in [2.75, 3.05) is 5.73 Å². The van der Waals surface area contributed by atoms with Crippen molar-refractivity contribution in [2.45, 2.75) is 39.2 Å². The van der Waals surface area contributed by atoms with Gasteiger partial charge in [-0.15, -0.1) is 22.6 Å². The SMILES string of the molecule is CC(C)(C)c1nnc(CNC(=O)Cc2ccc(N)cc2)s1.Cl. The van der Waals surface area contributed by atoms with Gasteiger partial charge in [-0.05, 0) is 17.7 Å². The molecular weight excluding hydrogens is 320 g/mol. The lowest BCUT2D eigenvalue weighted by Crippen LogP contribution is -2.24. The van der Waals surface area contributed by atoms with E-state index in [0.29, 0.717) is 18.7 Å². The molecule has 0 unspecified atom stereocenters. The summed E-state index contributed by atoms with van der Waals surface area (Å²) in [5, 5.41) is 12.9. The van der Waals surface area contributed by atoms with Crippen LogP contribution in [0.15, 0.2) is 24.3 Å². The van der Waals surface area contributed by atoms with Crippen molar-refractivity contribution in [1.82, 2.24) is 15.5 Å². The van der Waals surface area contributed by atoms with Crippen LogP contribution in [-0.2, 0) is 23.2 Å². The number of rotatable bonds is 4. The zero-order valence-electron chi connectivity index (χ0n) is 12.9. The largest absolute Gasteiger partial charge is 0.399 e. The van der Waals surface area contributed by atoms with Crippen LogP contribution >= 0.6 is 23.7 Å². The van der Waals surface area contributed by atoms with E-state index >= 15 is 0 Å². The van der Waals surface area contributed by atoms with E-state index in [0.717, 1.165) is 15.6 Å². The minimum Gasteiger partial charge on any atom is -0.399 e. The summed E-state index contributed by atoms with van der Waals surface area (Å²) in [6, 6.07) is 7.31. The summed E-state index contributed by atoms with van der Waals surface area (Å²) in [4.78, 5) is 11.9. The molecule has 0 saturated heterocycles. The van der Waals surface area contributed by atoms with Crippen molar-refractivity contribution in [3.63, 3.8) is 0 Å². The van der Waals surface area contributed by atoms with Crippen LogP contribution in [0.4, 0.5) is 5.69 Å².